The average Bonchev–Trinajstić information content (AvgIpc) is 2.52. The summed E-state index contributed by atoms with van der Waals surface area (Å²) in [6.45, 7) is 2.62. The van der Waals surface area contributed by atoms with Gasteiger partial charge in [-0.15, -0.1) is 0 Å². The zero-order chi connectivity index (χ0) is 14.6. The zero-order valence-corrected chi connectivity index (χ0v) is 11.7. The van der Waals surface area contributed by atoms with E-state index in [0.29, 0.717) is 13.0 Å². The first kappa shape index (κ1) is 15.0. The Balaban J connectivity index is 2.19. The van der Waals surface area contributed by atoms with E-state index in [1.165, 1.54) is 0 Å². The van der Waals surface area contributed by atoms with E-state index in [2.05, 4.69) is 10.6 Å². The van der Waals surface area contributed by atoms with Gasteiger partial charge < -0.3 is 20.8 Å². The first-order valence-corrected chi connectivity index (χ1v) is 6.98. The van der Waals surface area contributed by atoms with Crippen molar-refractivity contribution in [3.8, 4) is 0 Å². The lowest BCUT2D eigenvalue weighted by Gasteiger charge is -2.33. The molecule has 0 aromatic heterocycles. The maximum absolute atomic E-state index is 12.5. The Hall–Kier alpha value is -1.43. The number of aliphatic hydroxyl groups is 2. The predicted molar refractivity (Wildman–Crippen MR) is 76.2 cm³/mol. The monoisotopic (exact) mass is 278 g/mol. The lowest BCUT2D eigenvalue weighted by Crippen LogP contribution is -2.56. The highest BCUT2D eigenvalue weighted by Crippen LogP contribution is 2.24. The molecule has 1 atom stereocenters. The van der Waals surface area contributed by atoms with Gasteiger partial charge in [0.05, 0.1) is 24.7 Å². The van der Waals surface area contributed by atoms with Crippen LogP contribution in [0.3, 0.4) is 0 Å². The molecule has 0 radical (unpaired) electrons. The molecule has 2 rings (SSSR count). The van der Waals surface area contributed by atoms with Crippen LogP contribution < -0.4 is 10.6 Å². The maximum atomic E-state index is 12.5. The fraction of sp³-hybridized carbons (Fsp3) is 0.533. The van der Waals surface area contributed by atoms with Gasteiger partial charge in [-0.2, -0.15) is 0 Å². The Morgan fingerprint density at radius 1 is 1.40 bits per heavy atom. The Labute approximate surface area is 119 Å². The normalized spacial score (nSPS) is 18.4. The Morgan fingerprint density at radius 3 is 2.75 bits per heavy atom. The fourth-order valence-corrected chi connectivity index (χ4v) is 2.52. The van der Waals surface area contributed by atoms with Gasteiger partial charge in [0.2, 0.25) is 5.91 Å². The molecule has 1 aromatic rings. The molecule has 20 heavy (non-hydrogen) atoms. The van der Waals surface area contributed by atoms with E-state index >= 15 is 0 Å². The lowest BCUT2D eigenvalue weighted by atomic mass is 9.88. The van der Waals surface area contributed by atoms with Gasteiger partial charge >= 0.3 is 0 Å². The van der Waals surface area contributed by atoms with Crippen molar-refractivity contribution >= 4 is 5.91 Å². The molecule has 0 saturated carbocycles. The van der Waals surface area contributed by atoms with E-state index in [4.69, 9.17) is 0 Å². The van der Waals surface area contributed by atoms with Gasteiger partial charge in [0.25, 0.3) is 0 Å². The summed E-state index contributed by atoms with van der Waals surface area (Å²) in [5.41, 5.74) is 1.20. The third kappa shape index (κ3) is 2.85. The number of amides is 1. The molecule has 0 fully saturated rings. The van der Waals surface area contributed by atoms with Gasteiger partial charge in [0.1, 0.15) is 0 Å². The number of rotatable bonds is 5. The number of benzene rings is 1. The molecule has 5 nitrogen and oxygen atoms in total. The number of hydrogen-bond acceptors (Lipinski definition) is 4. The summed E-state index contributed by atoms with van der Waals surface area (Å²) >= 11 is 0. The molecule has 0 spiro atoms. The second-order valence-corrected chi connectivity index (χ2v) is 5.32. The number of nitrogens with one attached hydrogen (secondary N) is 2. The predicted octanol–water partition coefficient (Wildman–Crippen LogP) is 0.123. The number of carbonyl (C=O) groups excluding carboxylic acids is 1. The van der Waals surface area contributed by atoms with Crippen molar-refractivity contribution in [1.29, 1.82) is 0 Å². The Kier molecular flexibility index (Phi) is 4.75. The highest BCUT2D eigenvalue weighted by molar-refractivity contribution is 5.85. The first-order valence-electron chi connectivity index (χ1n) is 6.98. The van der Waals surface area contributed by atoms with Crippen LogP contribution in [0.5, 0.6) is 0 Å². The van der Waals surface area contributed by atoms with Crippen LogP contribution in [0.2, 0.25) is 0 Å². The van der Waals surface area contributed by atoms with Gasteiger partial charge in [0.15, 0.2) is 0 Å². The number of carbonyl (C=O) groups is 1. The maximum Gasteiger partial charge on any atom is 0.229 e. The van der Waals surface area contributed by atoms with Crippen molar-refractivity contribution in [3.63, 3.8) is 0 Å². The SMILES string of the molecule is CCC(CO)(CO)NC(=O)C1CNCc2ccccc21. The smallest absolute Gasteiger partial charge is 0.229 e. The second-order valence-electron chi connectivity index (χ2n) is 5.32. The summed E-state index contributed by atoms with van der Waals surface area (Å²) in [6, 6.07) is 7.85. The number of hydrogen-bond donors (Lipinski definition) is 4. The molecule has 0 bridgehead atoms. The van der Waals surface area contributed by atoms with Gasteiger partial charge in [-0.3, -0.25) is 4.79 Å². The number of fused-ring (bicyclic) bond motifs is 1. The highest BCUT2D eigenvalue weighted by atomic mass is 16.3. The minimum atomic E-state index is -0.941. The van der Waals surface area contributed by atoms with Gasteiger partial charge in [-0.25, -0.2) is 0 Å². The van der Waals surface area contributed by atoms with Crippen molar-refractivity contribution in [2.75, 3.05) is 19.8 Å². The van der Waals surface area contributed by atoms with Crippen LogP contribution in [-0.4, -0.2) is 41.4 Å². The Morgan fingerprint density at radius 2 is 2.10 bits per heavy atom. The summed E-state index contributed by atoms with van der Waals surface area (Å²) < 4.78 is 0. The summed E-state index contributed by atoms with van der Waals surface area (Å²) in [4.78, 5) is 12.5. The molecule has 1 aliphatic heterocycles. The summed E-state index contributed by atoms with van der Waals surface area (Å²) in [5.74, 6) is -0.446. The molecule has 1 heterocycles. The minimum absolute atomic E-state index is 0.158. The molecule has 4 N–H and O–H groups in total. The van der Waals surface area contributed by atoms with Crippen molar-refractivity contribution in [2.24, 2.45) is 0 Å². The van der Waals surface area contributed by atoms with E-state index in [1.807, 2.05) is 31.2 Å². The average molecular weight is 278 g/mol. The van der Waals surface area contributed by atoms with Crippen molar-refractivity contribution in [3.05, 3.63) is 35.4 Å². The lowest BCUT2D eigenvalue weighted by molar-refractivity contribution is -0.126. The third-order valence-corrected chi connectivity index (χ3v) is 4.08. The van der Waals surface area contributed by atoms with E-state index < -0.39 is 5.54 Å². The molecule has 0 aliphatic carbocycles. The third-order valence-electron chi connectivity index (χ3n) is 4.08. The molecule has 110 valence electrons. The van der Waals surface area contributed by atoms with E-state index in [0.717, 1.165) is 17.7 Å². The largest absolute Gasteiger partial charge is 0.394 e. The van der Waals surface area contributed by atoms with Gasteiger partial charge in [-0.1, -0.05) is 31.2 Å². The van der Waals surface area contributed by atoms with Crippen LogP contribution in [0.1, 0.15) is 30.4 Å². The van der Waals surface area contributed by atoms with E-state index in [9.17, 15) is 15.0 Å². The molecule has 1 unspecified atom stereocenters. The topological polar surface area (TPSA) is 81.6 Å². The van der Waals surface area contributed by atoms with Gasteiger partial charge in [0, 0.05) is 13.1 Å². The molecular formula is C15H22N2O3. The van der Waals surface area contributed by atoms with Crippen LogP contribution in [0.25, 0.3) is 0 Å². The quantitative estimate of drug-likeness (QED) is 0.617. The number of aliphatic hydroxyl groups excluding tert-OH is 2. The standard InChI is InChI=1S/C15H22N2O3/c1-2-15(9-18,10-19)17-14(20)13-8-16-7-11-5-3-4-6-12(11)13/h3-6,13,16,18-19H,2,7-10H2,1H3,(H,17,20). The molecule has 1 aliphatic rings. The van der Waals surface area contributed by atoms with Crippen LogP contribution in [0.15, 0.2) is 24.3 Å². The van der Waals surface area contributed by atoms with Crippen LogP contribution in [-0.2, 0) is 11.3 Å². The highest BCUT2D eigenvalue weighted by Gasteiger charge is 2.33. The van der Waals surface area contributed by atoms with Crippen molar-refractivity contribution in [1.82, 2.24) is 10.6 Å². The second kappa shape index (κ2) is 6.35. The molecule has 1 amide bonds. The molecule has 0 saturated heterocycles. The Bertz CT molecular complexity index is 464. The minimum Gasteiger partial charge on any atom is -0.394 e. The molecule has 5 heteroatoms. The van der Waals surface area contributed by atoms with Crippen LogP contribution in [0, 0.1) is 0 Å². The zero-order valence-electron chi connectivity index (χ0n) is 11.7. The van der Waals surface area contributed by atoms with E-state index in [1.54, 1.807) is 0 Å². The van der Waals surface area contributed by atoms with Crippen molar-refractivity contribution in [2.45, 2.75) is 31.3 Å². The first-order chi connectivity index (χ1) is 9.65. The summed E-state index contributed by atoms with van der Waals surface area (Å²) in [6.07, 6.45) is 0.480. The van der Waals surface area contributed by atoms with Crippen LogP contribution >= 0.6 is 0 Å². The van der Waals surface area contributed by atoms with E-state index in [-0.39, 0.29) is 25.0 Å². The van der Waals surface area contributed by atoms with Crippen LogP contribution in [0.4, 0.5) is 0 Å². The summed E-state index contributed by atoms with van der Waals surface area (Å²) in [7, 11) is 0. The van der Waals surface area contributed by atoms with Gasteiger partial charge in [-0.05, 0) is 17.5 Å². The fourth-order valence-electron chi connectivity index (χ4n) is 2.52. The summed E-state index contributed by atoms with van der Waals surface area (Å²) in [5, 5.41) is 24.9. The van der Waals surface area contributed by atoms with Crippen molar-refractivity contribution < 1.29 is 15.0 Å². The molecule has 1 aromatic carbocycles. The molecular weight excluding hydrogens is 256 g/mol.